The van der Waals surface area contributed by atoms with E-state index in [4.69, 9.17) is 0 Å². The van der Waals surface area contributed by atoms with Gasteiger partial charge in [0.2, 0.25) is 0 Å². The summed E-state index contributed by atoms with van der Waals surface area (Å²) in [5, 5.41) is 3.62. The van der Waals surface area contributed by atoms with Crippen molar-refractivity contribution in [2.75, 3.05) is 13.7 Å². The van der Waals surface area contributed by atoms with E-state index in [9.17, 15) is 4.79 Å². The van der Waals surface area contributed by atoms with Gasteiger partial charge in [0.15, 0.2) is 0 Å². The van der Waals surface area contributed by atoms with Crippen LogP contribution in [0.3, 0.4) is 0 Å². The number of unbranched alkanes of at least 4 members (excludes halogenated alkanes) is 7. The Bertz CT molecular complexity index is 237. The summed E-state index contributed by atoms with van der Waals surface area (Å²) in [5.41, 5.74) is 0. The molecule has 3 heteroatoms. The van der Waals surface area contributed by atoms with Crippen LogP contribution in [0.2, 0.25) is 0 Å². The fourth-order valence-electron chi connectivity index (χ4n) is 2.99. The maximum atomic E-state index is 10.9. The molecule has 0 spiro atoms. The van der Waals surface area contributed by atoms with E-state index in [1.165, 1.54) is 84.3 Å². The molecule has 0 aliphatic carbocycles. The molecule has 1 atom stereocenters. The highest BCUT2D eigenvalue weighted by Gasteiger charge is 2.11. The summed E-state index contributed by atoms with van der Waals surface area (Å²) in [4.78, 5) is 10.9. The third kappa shape index (κ3) is 9.35. The molecule has 1 aliphatic rings. The number of esters is 1. The van der Waals surface area contributed by atoms with Gasteiger partial charge in [0.25, 0.3) is 0 Å². The van der Waals surface area contributed by atoms with Gasteiger partial charge in [0.05, 0.1) is 7.11 Å². The number of rotatable bonds is 11. The first-order valence-electron chi connectivity index (χ1n) is 8.63. The largest absolute Gasteiger partial charge is 0.469 e. The van der Waals surface area contributed by atoms with E-state index in [2.05, 4.69) is 10.1 Å². The topological polar surface area (TPSA) is 38.3 Å². The lowest BCUT2D eigenvalue weighted by Gasteiger charge is -2.23. The molecule has 20 heavy (non-hydrogen) atoms. The minimum Gasteiger partial charge on any atom is -0.469 e. The number of methoxy groups -OCH3 is 1. The Morgan fingerprint density at radius 3 is 2.25 bits per heavy atom. The molecular weight excluding hydrogens is 250 g/mol. The molecule has 0 amide bonds. The highest BCUT2D eigenvalue weighted by molar-refractivity contribution is 5.68. The molecule has 0 bridgehead atoms. The van der Waals surface area contributed by atoms with Crippen molar-refractivity contribution in [2.24, 2.45) is 0 Å². The van der Waals surface area contributed by atoms with Gasteiger partial charge in [0, 0.05) is 12.5 Å². The normalized spacial score (nSPS) is 18.9. The Balaban J connectivity index is 1.75. The summed E-state index contributed by atoms with van der Waals surface area (Å²) >= 11 is 0. The Hall–Kier alpha value is -0.570. The standard InChI is InChI=1S/C17H33NO2/c1-20-17(19)14-9-7-5-3-2-4-6-8-12-16-13-10-11-15-18-16/h16,18H,2-15H2,1H3. The van der Waals surface area contributed by atoms with Crippen LogP contribution >= 0.6 is 0 Å². The smallest absolute Gasteiger partial charge is 0.305 e. The van der Waals surface area contributed by atoms with Crippen LogP contribution in [-0.2, 0) is 9.53 Å². The number of ether oxygens (including phenoxy) is 1. The molecule has 1 heterocycles. The zero-order valence-corrected chi connectivity index (χ0v) is 13.3. The summed E-state index contributed by atoms with van der Waals surface area (Å²) in [6.45, 7) is 1.23. The quantitative estimate of drug-likeness (QED) is 0.456. The van der Waals surface area contributed by atoms with Crippen molar-refractivity contribution in [3.63, 3.8) is 0 Å². The molecule has 1 rings (SSSR count). The summed E-state index contributed by atoms with van der Waals surface area (Å²) < 4.78 is 4.63. The number of carbonyl (C=O) groups is 1. The van der Waals surface area contributed by atoms with Crippen molar-refractivity contribution in [2.45, 2.75) is 89.5 Å². The van der Waals surface area contributed by atoms with Gasteiger partial charge in [-0.3, -0.25) is 4.79 Å². The zero-order chi connectivity index (χ0) is 14.5. The molecule has 1 unspecified atom stereocenters. The minimum atomic E-state index is -0.0682. The summed E-state index contributed by atoms with van der Waals surface area (Å²) in [7, 11) is 1.46. The highest BCUT2D eigenvalue weighted by atomic mass is 16.5. The predicted molar refractivity (Wildman–Crippen MR) is 83.8 cm³/mol. The Kier molecular flexibility index (Phi) is 10.7. The average Bonchev–Trinajstić information content (AvgIpc) is 2.50. The van der Waals surface area contributed by atoms with Crippen molar-refractivity contribution >= 4 is 5.97 Å². The first-order valence-corrected chi connectivity index (χ1v) is 8.63. The van der Waals surface area contributed by atoms with Gasteiger partial charge in [-0.15, -0.1) is 0 Å². The van der Waals surface area contributed by atoms with Crippen LogP contribution in [0.4, 0.5) is 0 Å². The molecule has 118 valence electrons. The molecule has 1 N–H and O–H groups in total. The second-order valence-corrected chi connectivity index (χ2v) is 6.09. The second kappa shape index (κ2) is 12.2. The van der Waals surface area contributed by atoms with Crippen LogP contribution < -0.4 is 5.32 Å². The van der Waals surface area contributed by atoms with Crippen molar-refractivity contribution in [1.82, 2.24) is 5.32 Å². The number of nitrogens with one attached hydrogen (secondary N) is 1. The third-order valence-electron chi connectivity index (χ3n) is 4.32. The van der Waals surface area contributed by atoms with Crippen LogP contribution in [0, 0.1) is 0 Å². The maximum Gasteiger partial charge on any atom is 0.305 e. The van der Waals surface area contributed by atoms with E-state index >= 15 is 0 Å². The second-order valence-electron chi connectivity index (χ2n) is 6.09. The van der Waals surface area contributed by atoms with E-state index in [0.717, 1.165) is 12.5 Å². The van der Waals surface area contributed by atoms with Crippen LogP contribution in [0.5, 0.6) is 0 Å². The first-order chi connectivity index (χ1) is 9.83. The fraction of sp³-hybridized carbons (Fsp3) is 0.941. The molecule has 0 saturated carbocycles. The van der Waals surface area contributed by atoms with Crippen molar-refractivity contribution < 1.29 is 9.53 Å². The van der Waals surface area contributed by atoms with Gasteiger partial charge in [0.1, 0.15) is 0 Å². The molecule has 1 saturated heterocycles. The lowest BCUT2D eigenvalue weighted by atomic mass is 9.98. The predicted octanol–water partition coefficient (Wildman–Crippen LogP) is 4.20. The monoisotopic (exact) mass is 283 g/mol. The van der Waals surface area contributed by atoms with Gasteiger partial charge in [-0.05, 0) is 32.2 Å². The van der Waals surface area contributed by atoms with Crippen molar-refractivity contribution in [3.8, 4) is 0 Å². The average molecular weight is 283 g/mol. The van der Waals surface area contributed by atoms with Gasteiger partial charge in [-0.25, -0.2) is 0 Å². The molecule has 1 aliphatic heterocycles. The van der Waals surface area contributed by atoms with Crippen LogP contribution in [0.1, 0.15) is 83.5 Å². The number of hydrogen-bond acceptors (Lipinski definition) is 3. The first kappa shape index (κ1) is 17.5. The molecule has 0 aromatic heterocycles. The lowest BCUT2D eigenvalue weighted by Crippen LogP contribution is -2.33. The van der Waals surface area contributed by atoms with Crippen molar-refractivity contribution in [1.29, 1.82) is 0 Å². The zero-order valence-electron chi connectivity index (χ0n) is 13.3. The van der Waals surface area contributed by atoms with Crippen molar-refractivity contribution in [3.05, 3.63) is 0 Å². The summed E-state index contributed by atoms with van der Waals surface area (Å²) in [6, 6.07) is 0.807. The van der Waals surface area contributed by atoms with Gasteiger partial charge in [-0.2, -0.15) is 0 Å². The van der Waals surface area contributed by atoms with E-state index in [0.29, 0.717) is 6.42 Å². The van der Waals surface area contributed by atoms with E-state index < -0.39 is 0 Å². The molecule has 1 fully saturated rings. The van der Waals surface area contributed by atoms with Gasteiger partial charge in [-0.1, -0.05) is 51.4 Å². The third-order valence-corrected chi connectivity index (χ3v) is 4.32. The Morgan fingerprint density at radius 2 is 1.65 bits per heavy atom. The summed E-state index contributed by atoms with van der Waals surface area (Å²) in [6.07, 6.45) is 16.4. The fourth-order valence-corrected chi connectivity index (χ4v) is 2.99. The van der Waals surface area contributed by atoms with Crippen LogP contribution in [-0.4, -0.2) is 25.7 Å². The maximum absolute atomic E-state index is 10.9. The molecule has 0 radical (unpaired) electrons. The van der Waals surface area contributed by atoms with Gasteiger partial charge < -0.3 is 10.1 Å². The van der Waals surface area contributed by atoms with Gasteiger partial charge >= 0.3 is 5.97 Å². The molecule has 0 aromatic carbocycles. The van der Waals surface area contributed by atoms with E-state index in [1.807, 2.05) is 0 Å². The lowest BCUT2D eigenvalue weighted by molar-refractivity contribution is -0.140. The Labute approximate surface area is 124 Å². The SMILES string of the molecule is COC(=O)CCCCCCCCCCC1CCCCN1. The molecular formula is C17H33NO2. The highest BCUT2D eigenvalue weighted by Crippen LogP contribution is 2.15. The Morgan fingerprint density at radius 1 is 1.00 bits per heavy atom. The minimum absolute atomic E-state index is 0.0682. The number of piperidine rings is 1. The van der Waals surface area contributed by atoms with E-state index in [1.54, 1.807) is 0 Å². The summed E-state index contributed by atoms with van der Waals surface area (Å²) in [5.74, 6) is -0.0682. The molecule has 0 aromatic rings. The van der Waals surface area contributed by atoms with Crippen LogP contribution in [0.15, 0.2) is 0 Å². The number of carbonyl (C=O) groups excluding carboxylic acids is 1. The van der Waals surface area contributed by atoms with Crippen LogP contribution in [0.25, 0.3) is 0 Å². The molecule has 3 nitrogen and oxygen atoms in total. The number of hydrogen-bond donors (Lipinski definition) is 1. The van der Waals surface area contributed by atoms with E-state index in [-0.39, 0.29) is 5.97 Å².